The van der Waals surface area contributed by atoms with Crippen molar-refractivity contribution in [2.24, 2.45) is 0 Å². The molecular weight excluding hydrogens is 222 g/mol. The molecular formula is C12H13NO2S. The monoisotopic (exact) mass is 235 g/mol. The molecule has 1 unspecified atom stereocenters. The molecule has 16 heavy (non-hydrogen) atoms. The van der Waals surface area contributed by atoms with Gasteiger partial charge in [0.15, 0.2) is 0 Å². The fraction of sp³-hybridized carbons (Fsp3) is 0.500. The lowest BCUT2D eigenvalue weighted by molar-refractivity contribution is -0.138. The summed E-state index contributed by atoms with van der Waals surface area (Å²) >= 11 is 1.73. The zero-order chi connectivity index (χ0) is 11.2. The Morgan fingerprint density at radius 1 is 1.25 bits per heavy atom. The van der Waals surface area contributed by atoms with Crippen LogP contribution in [0.25, 0.3) is 0 Å². The Kier molecular flexibility index (Phi) is 2.14. The van der Waals surface area contributed by atoms with Gasteiger partial charge < -0.3 is 0 Å². The largest absolute Gasteiger partial charge is 0.296 e. The van der Waals surface area contributed by atoms with E-state index < -0.39 is 5.41 Å². The molecule has 0 saturated carbocycles. The van der Waals surface area contributed by atoms with Crippen LogP contribution < -0.4 is 5.32 Å². The fourth-order valence-electron chi connectivity index (χ4n) is 2.89. The van der Waals surface area contributed by atoms with E-state index in [0.717, 1.165) is 19.3 Å². The van der Waals surface area contributed by atoms with E-state index in [4.69, 9.17) is 0 Å². The topological polar surface area (TPSA) is 46.2 Å². The lowest BCUT2D eigenvalue weighted by atomic mass is 9.68. The third kappa shape index (κ3) is 1.26. The number of aryl methyl sites for hydroxylation is 1. The number of imide groups is 1. The van der Waals surface area contributed by atoms with E-state index in [1.54, 1.807) is 11.3 Å². The van der Waals surface area contributed by atoms with Gasteiger partial charge in [0.05, 0.1) is 5.41 Å². The predicted octanol–water partition coefficient (Wildman–Crippen LogP) is 1.76. The Morgan fingerprint density at radius 2 is 2.12 bits per heavy atom. The summed E-state index contributed by atoms with van der Waals surface area (Å²) in [6.07, 6.45) is 4.17. The van der Waals surface area contributed by atoms with Crippen LogP contribution in [0.5, 0.6) is 0 Å². The molecule has 1 saturated heterocycles. The highest BCUT2D eigenvalue weighted by molar-refractivity contribution is 7.10. The molecule has 3 rings (SSSR count). The SMILES string of the molecule is O=C1CCC2(CCCc3sccc32)C(=O)N1. The first kappa shape index (κ1) is 10.0. The molecule has 1 atom stereocenters. The van der Waals surface area contributed by atoms with Gasteiger partial charge in [-0.1, -0.05) is 0 Å². The van der Waals surface area contributed by atoms with Crippen molar-refractivity contribution in [2.45, 2.75) is 37.5 Å². The molecule has 2 aliphatic rings. The number of thiophene rings is 1. The summed E-state index contributed by atoms with van der Waals surface area (Å²) in [7, 11) is 0. The zero-order valence-corrected chi connectivity index (χ0v) is 9.73. The second kappa shape index (κ2) is 3.42. The second-order valence-electron chi connectivity index (χ2n) is 4.57. The summed E-state index contributed by atoms with van der Waals surface area (Å²) in [4.78, 5) is 24.7. The van der Waals surface area contributed by atoms with Crippen LogP contribution >= 0.6 is 11.3 Å². The van der Waals surface area contributed by atoms with Crippen molar-refractivity contribution in [3.05, 3.63) is 21.9 Å². The molecule has 1 aliphatic heterocycles. The lowest BCUT2D eigenvalue weighted by Crippen LogP contribution is -2.52. The molecule has 2 amide bonds. The summed E-state index contributed by atoms with van der Waals surface area (Å²) in [5.74, 6) is -0.207. The quantitative estimate of drug-likeness (QED) is 0.696. The molecule has 2 heterocycles. The maximum absolute atomic E-state index is 12.1. The number of carbonyl (C=O) groups is 2. The number of hydrogen-bond acceptors (Lipinski definition) is 3. The molecule has 1 aromatic heterocycles. The van der Waals surface area contributed by atoms with E-state index >= 15 is 0 Å². The lowest BCUT2D eigenvalue weighted by Gasteiger charge is -2.38. The van der Waals surface area contributed by atoms with E-state index in [0.29, 0.717) is 12.8 Å². The Morgan fingerprint density at radius 3 is 2.94 bits per heavy atom. The summed E-state index contributed by atoms with van der Waals surface area (Å²) in [6, 6.07) is 2.06. The third-order valence-electron chi connectivity index (χ3n) is 3.73. The summed E-state index contributed by atoms with van der Waals surface area (Å²) in [6.45, 7) is 0. The summed E-state index contributed by atoms with van der Waals surface area (Å²) in [5.41, 5.74) is 0.773. The summed E-state index contributed by atoms with van der Waals surface area (Å²) in [5, 5.41) is 4.55. The van der Waals surface area contributed by atoms with E-state index in [1.807, 2.05) is 0 Å². The molecule has 0 aromatic carbocycles. The van der Waals surface area contributed by atoms with Crippen molar-refractivity contribution in [3.63, 3.8) is 0 Å². The average Bonchev–Trinajstić information content (AvgIpc) is 2.73. The van der Waals surface area contributed by atoms with Crippen molar-refractivity contribution < 1.29 is 9.59 Å². The molecule has 0 radical (unpaired) electrons. The smallest absolute Gasteiger partial charge is 0.237 e. The highest BCUT2D eigenvalue weighted by atomic mass is 32.1. The van der Waals surface area contributed by atoms with Crippen molar-refractivity contribution in [1.82, 2.24) is 5.32 Å². The van der Waals surface area contributed by atoms with Gasteiger partial charge in [-0.3, -0.25) is 14.9 Å². The maximum Gasteiger partial charge on any atom is 0.237 e. The minimum absolute atomic E-state index is 0.0805. The van der Waals surface area contributed by atoms with Crippen LogP contribution in [0.15, 0.2) is 11.4 Å². The molecule has 1 aromatic rings. The van der Waals surface area contributed by atoms with Crippen LogP contribution in [0.3, 0.4) is 0 Å². The van der Waals surface area contributed by atoms with E-state index in [-0.39, 0.29) is 11.8 Å². The van der Waals surface area contributed by atoms with Gasteiger partial charge in [-0.25, -0.2) is 0 Å². The number of hydrogen-bond donors (Lipinski definition) is 1. The molecule has 1 spiro atoms. The molecule has 4 heteroatoms. The molecule has 0 bridgehead atoms. The van der Waals surface area contributed by atoms with Gasteiger partial charge in [-0.05, 0) is 42.7 Å². The highest BCUT2D eigenvalue weighted by Crippen LogP contribution is 2.44. The third-order valence-corrected chi connectivity index (χ3v) is 4.72. The molecule has 1 fully saturated rings. The van der Waals surface area contributed by atoms with Crippen molar-refractivity contribution in [1.29, 1.82) is 0 Å². The van der Waals surface area contributed by atoms with Gasteiger partial charge in [0.25, 0.3) is 0 Å². The first-order valence-corrected chi connectivity index (χ1v) is 6.51. The van der Waals surface area contributed by atoms with Crippen molar-refractivity contribution in [3.8, 4) is 0 Å². The molecule has 1 N–H and O–H groups in total. The van der Waals surface area contributed by atoms with Crippen LogP contribution in [-0.2, 0) is 21.4 Å². The number of rotatable bonds is 0. The van der Waals surface area contributed by atoms with Crippen LogP contribution in [0, 0.1) is 0 Å². The van der Waals surface area contributed by atoms with E-state index in [9.17, 15) is 9.59 Å². The van der Waals surface area contributed by atoms with Gasteiger partial charge in [-0.2, -0.15) is 0 Å². The first-order valence-electron chi connectivity index (χ1n) is 5.63. The van der Waals surface area contributed by atoms with Gasteiger partial charge in [0, 0.05) is 11.3 Å². The minimum Gasteiger partial charge on any atom is -0.296 e. The normalized spacial score (nSPS) is 29.0. The minimum atomic E-state index is -0.401. The number of piperidine rings is 1. The molecule has 1 aliphatic carbocycles. The van der Waals surface area contributed by atoms with Crippen LogP contribution in [-0.4, -0.2) is 11.8 Å². The predicted molar refractivity (Wildman–Crippen MR) is 61.3 cm³/mol. The first-order chi connectivity index (χ1) is 7.72. The Labute approximate surface area is 97.9 Å². The fourth-order valence-corrected chi connectivity index (χ4v) is 3.91. The number of carbonyl (C=O) groups excluding carboxylic acids is 2. The van der Waals surface area contributed by atoms with Gasteiger partial charge in [0.1, 0.15) is 0 Å². The van der Waals surface area contributed by atoms with E-state index in [2.05, 4.69) is 16.8 Å². The van der Waals surface area contributed by atoms with Gasteiger partial charge >= 0.3 is 0 Å². The highest BCUT2D eigenvalue weighted by Gasteiger charge is 2.46. The zero-order valence-electron chi connectivity index (χ0n) is 8.91. The van der Waals surface area contributed by atoms with Crippen molar-refractivity contribution in [2.75, 3.05) is 0 Å². The van der Waals surface area contributed by atoms with E-state index in [1.165, 1.54) is 10.4 Å². The molecule has 3 nitrogen and oxygen atoms in total. The average molecular weight is 235 g/mol. The van der Waals surface area contributed by atoms with Crippen LogP contribution in [0.2, 0.25) is 0 Å². The molecule has 84 valence electrons. The summed E-state index contributed by atoms with van der Waals surface area (Å²) < 4.78 is 0. The second-order valence-corrected chi connectivity index (χ2v) is 5.57. The van der Waals surface area contributed by atoms with Gasteiger partial charge in [-0.15, -0.1) is 11.3 Å². The Bertz CT molecular complexity index is 465. The van der Waals surface area contributed by atoms with Crippen LogP contribution in [0.1, 0.15) is 36.1 Å². The number of nitrogens with one attached hydrogen (secondary N) is 1. The number of amides is 2. The number of fused-ring (bicyclic) bond motifs is 2. The Hall–Kier alpha value is -1.16. The van der Waals surface area contributed by atoms with Gasteiger partial charge in [0.2, 0.25) is 11.8 Å². The maximum atomic E-state index is 12.1. The standard InChI is InChI=1S/C12H13NO2S/c14-10-3-6-12(11(15)13-10)5-1-2-9-8(12)4-7-16-9/h4,7H,1-3,5-6H2,(H,13,14,15). The van der Waals surface area contributed by atoms with Crippen molar-refractivity contribution >= 4 is 23.2 Å². The Balaban J connectivity index is 2.07. The van der Waals surface area contributed by atoms with Crippen LogP contribution in [0.4, 0.5) is 0 Å².